The van der Waals surface area contributed by atoms with Gasteiger partial charge in [0.15, 0.2) is 0 Å². The zero-order valence-electron chi connectivity index (χ0n) is 12.0. The molecule has 5 nitrogen and oxygen atoms in total. The highest BCUT2D eigenvalue weighted by Gasteiger charge is 2.23. The van der Waals surface area contributed by atoms with Gasteiger partial charge in [-0.25, -0.2) is 4.79 Å². The van der Waals surface area contributed by atoms with Crippen molar-refractivity contribution in [2.75, 3.05) is 20.7 Å². The number of carbonyl (C=O) groups is 2. The van der Waals surface area contributed by atoms with Crippen LogP contribution in [0, 0.1) is 6.92 Å². The first-order chi connectivity index (χ1) is 9.47. The Bertz CT molecular complexity index is 670. The van der Waals surface area contributed by atoms with Crippen LogP contribution in [0.4, 0.5) is 0 Å². The third-order valence-corrected chi connectivity index (χ3v) is 3.05. The first kappa shape index (κ1) is 14.1. The number of hydrogen-bond donors (Lipinski definition) is 0. The predicted octanol–water partition coefficient (Wildman–Crippen LogP) is 2.62. The minimum atomic E-state index is -0.510. The van der Waals surface area contributed by atoms with Crippen LogP contribution in [0.15, 0.2) is 22.6 Å². The van der Waals surface area contributed by atoms with E-state index in [0.29, 0.717) is 22.1 Å². The van der Waals surface area contributed by atoms with E-state index in [9.17, 15) is 9.59 Å². The average molecular weight is 275 g/mol. The Morgan fingerprint density at radius 3 is 2.60 bits per heavy atom. The lowest BCUT2D eigenvalue weighted by molar-refractivity contribution is 0.0491. The SMILES string of the molecule is CCOC(=O)c1oc2cccc(C(=O)N(C)C)c2c1C. The van der Waals surface area contributed by atoms with E-state index in [1.165, 1.54) is 4.90 Å². The molecule has 0 aliphatic carbocycles. The van der Waals surface area contributed by atoms with Crippen molar-refractivity contribution in [3.8, 4) is 0 Å². The lowest BCUT2D eigenvalue weighted by Crippen LogP contribution is -2.21. The van der Waals surface area contributed by atoms with Gasteiger partial charge in [-0.2, -0.15) is 0 Å². The molecule has 0 saturated heterocycles. The van der Waals surface area contributed by atoms with Crippen LogP contribution in [0.2, 0.25) is 0 Å². The normalized spacial score (nSPS) is 10.6. The van der Waals surface area contributed by atoms with Crippen molar-refractivity contribution in [1.29, 1.82) is 0 Å². The summed E-state index contributed by atoms with van der Waals surface area (Å²) < 4.78 is 10.5. The van der Waals surface area contributed by atoms with Gasteiger partial charge in [0.1, 0.15) is 5.58 Å². The van der Waals surface area contributed by atoms with Crippen molar-refractivity contribution in [3.63, 3.8) is 0 Å². The maximum Gasteiger partial charge on any atom is 0.374 e. The standard InChI is InChI=1S/C15H17NO4/c1-5-19-15(18)13-9(2)12-10(14(17)16(3)4)7-6-8-11(12)20-13/h6-8H,5H2,1-4H3. The van der Waals surface area contributed by atoms with Crippen LogP contribution in [-0.4, -0.2) is 37.5 Å². The quantitative estimate of drug-likeness (QED) is 0.808. The molecule has 0 fully saturated rings. The van der Waals surface area contributed by atoms with Gasteiger partial charge < -0.3 is 14.1 Å². The van der Waals surface area contributed by atoms with Gasteiger partial charge in [0, 0.05) is 25.0 Å². The number of carbonyl (C=O) groups excluding carboxylic acids is 2. The molecule has 1 aromatic heterocycles. The summed E-state index contributed by atoms with van der Waals surface area (Å²) in [5, 5.41) is 0.661. The number of fused-ring (bicyclic) bond motifs is 1. The van der Waals surface area contributed by atoms with Crippen molar-refractivity contribution in [2.24, 2.45) is 0 Å². The van der Waals surface area contributed by atoms with Crippen molar-refractivity contribution in [2.45, 2.75) is 13.8 Å². The van der Waals surface area contributed by atoms with Gasteiger partial charge in [0.25, 0.3) is 5.91 Å². The van der Waals surface area contributed by atoms with E-state index < -0.39 is 5.97 Å². The Morgan fingerprint density at radius 2 is 2.00 bits per heavy atom. The molecule has 0 aliphatic rings. The molecule has 0 saturated carbocycles. The Balaban J connectivity index is 2.64. The summed E-state index contributed by atoms with van der Waals surface area (Å²) in [5.41, 5.74) is 1.66. The summed E-state index contributed by atoms with van der Waals surface area (Å²) in [6, 6.07) is 5.19. The van der Waals surface area contributed by atoms with Crippen LogP contribution in [0.3, 0.4) is 0 Å². The third kappa shape index (κ3) is 2.27. The van der Waals surface area contributed by atoms with Gasteiger partial charge in [-0.05, 0) is 26.0 Å². The minimum Gasteiger partial charge on any atom is -0.460 e. The molecule has 0 radical (unpaired) electrons. The Hall–Kier alpha value is -2.30. The second-order valence-electron chi connectivity index (χ2n) is 4.65. The van der Waals surface area contributed by atoms with Gasteiger partial charge in [-0.3, -0.25) is 4.79 Å². The number of benzene rings is 1. The largest absolute Gasteiger partial charge is 0.460 e. The van der Waals surface area contributed by atoms with Crippen molar-refractivity contribution in [1.82, 2.24) is 4.90 Å². The van der Waals surface area contributed by atoms with Crippen LogP contribution in [0.1, 0.15) is 33.4 Å². The van der Waals surface area contributed by atoms with E-state index in [-0.39, 0.29) is 18.3 Å². The number of nitrogens with zero attached hydrogens (tertiary/aromatic N) is 1. The molecule has 1 amide bonds. The molecule has 5 heteroatoms. The van der Waals surface area contributed by atoms with Crippen molar-refractivity contribution < 1.29 is 18.7 Å². The highest BCUT2D eigenvalue weighted by atomic mass is 16.5. The maximum absolute atomic E-state index is 12.2. The van der Waals surface area contributed by atoms with E-state index >= 15 is 0 Å². The zero-order chi connectivity index (χ0) is 14.9. The van der Waals surface area contributed by atoms with Crippen LogP contribution < -0.4 is 0 Å². The Labute approximate surface area is 117 Å². The molecular formula is C15H17NO4. The molecule has 0 unspecified atom stereocenters. The van der Waals surface area contributed by atoms with Gasteiger partial charge >= 0.3 is 5.97 Å². The fourth-order valence-corrected chi connectivity index (χ4v) is 2.11. The van der Waals surface area contributed by atoms with E-state index in [0.717, 1.165) is 0 Å². The van der Waals surface area contributed by atoms with Crippen molar-refractivity contribution in [3.05, 3.63) is 35.1 Å². The number of ether oxygens (including phenoxy) is 1. The van der Waals surface area contributed by atoms with E-state index in [2.05, 4.69) is 0 Å². The molecule has 0 N–H and O–H groups in total. The average Bonchev–Trinajstić information content (AvgIpc) is 2.76. The van der Waals surface area contributed by atoms with Gasteiger partial charge in [0.2, 0.25) is 5.76 Å². The lowest BCUT2D eigenvalue weighted by atomic mass is 10.0. The summed E-state index contributed by atoms with van der Waals surface area (Å²) >= 11 is 0. The molecule has 0 spiro atoms. The number of rotatable bonds is 3. The summed E-state index contributed by atoms with van der Waals surface area (Å²) in [4.78, 5) is 25.5. The molecule has 0 bridgehead atoms. The second kappa shape index (κ2) is 5.36. The summed E-state index contributed by atoms with van der Waals surface area (Å²) in [6.45, 7) is 3.76. The van der Waals surface area contributed by atoms with Crippen LogP contribution in [0.25, 0.3) is 11.0 Å². The second-order valence-corrected chi connectivity index (χ2v) is 4.65. The minimum absolute atomic E-state index is 0.130. The summed E-state index contributed by atoms with van der Waals surface area (Å²) in [5.74, 6) is -0.486. The molecule has 0 aliphatic heterocycles. The topological polar surface area (TPSA) is 59.8 Å². The molecule has 20 heavy (non-hydrogen) atoms. The molecule has 0 atom stereocenters. The molecule has 1 heterocycles. The molecule has 1 aromatic carbocycles. The summed E-state index contributed by atoms with van der Waals surface area (Å²) in [6.07, 6.45) is 0. The Morgan fingerprint density at radius 1 is 1.30 bits per heavy atom. The molecule has 106 valence electrons. The van der Waals surface area contributed by atoms with Gasteiger partial charge in [0.05, 0.1) is 12.2 Å². The smallest absolute Gasteiger partial charge is 0.374 e. The van der Waals surface area contributed by atoms with E-state index in [1.54, 1.807) is 46.1 Å². The number of aryl methyl sites for hydroxylation is 1. The van der Waals surface area contributed by atoms with Crippen LogP contribution >= 0.6 is 0 Å². The zero-order valence-corrected chi connectivity index (χ0v) is 12.0. The Kier molecular flexibility index (Phi) is 3.79. The predicted molar refractivity (Wildman–Crippen MR) is 74.9 cm³/mol. The number of hydrogen-bond acceptors (Lipinski definition) is 4. The van der Waals surface area contributed by atoms with Gasteiger partial charge in [-0.15, -0.1) is 0 Å². The summed E-state index contributed by atoms with van der Waals surface area (Å²) in [7, 11) is 3.37. The number of furan rings is 1. The highest BCUT2D eigenvalue weighted by molar-refractivity contribution is 6.09. The fourth-order valence-electron chi connectivity index (χ4n) is 2.11. The molecule has 2 rings (SSSR count). The molecule has 2 aromatic rings. The highest BCUT2D eigenvalue weighted by Crippen LogP contribution is 2.29. The number of esters is 1. The fraction of sp³-hybridized carbons (Fsp3) is 0.333. The van der Waals surface area contributed by atoms with Gasteiger partial charge in [-0.1, -0.05) is 6.07 Å². The van der Waals surface area contributed by atoms with E-state index in [4.69, 9.17) is 9.15 Å². The lowest BCUT2D eigenvalue weighted by Gasteiger charge is -2.10. The third-order valence-electron chi connectivity index (χ3n) is 3.05. The first-order valence-electron chi connectivity index (χ1n) is 6.38. The molecular weight excluding hydrogens is 258 g/mol. The monoisotopic (exact) mass is 275 g/mol. The van der Waals surface area contributed by atoms with E-state index in [1.807, 2.05) is 0 Å². The van der Waals surface area contributed by atoms with Crippen LogP contribution in [0.5, 0.6) is 0 Å². The van der Waals surface area contributed by atoms with Crippen LogP contribution in [-0.2, 0) is 4.74 Å². The maximum atomic E-state index is 12.2. The van der Waals surface area contributed by atoms with Crippen molar-refractivity contribution >= 4 is 22.8 Å². The number of amides is 1. The first-order valence-corrected chi connectivity index (χ1v) is 6.38.